The maximum Gasteiger partial charge on any atom is 0.487 e. The summed E-state index contributed by atoms with van der Waals surface area (Å²) in [5.41, 5.74) is 0. The SMILES string of the molecule is CC(=O)[O-].F[C](F)F.F[C](F)F.[Pb].[c]1ccccc1. The summed E-state index contributed by atoms with van der Waals surface area (Å²) in [6, 6.07) is 12.5. The van der Waals surface area contributed by atoms with Gasteiger partial charge in [0, 0.05) is 33.3 Å². The molecule has 1 rings (SSSR count). The zero-order valence-corrected chi connectivity index (χ0v) is 13.4. The molecule has 0 aliphatic carbocycles. The fourth-order valence-corrected chi connectivity index (χ4v) is 0.342. The van der Waals surface area contributed by atoms with Crippen molar-refractivity contribution in [1.29, 1.82) is 0 Å². The number of benzene rings is 1. The van der Waals surface area contributed by atoms with Crippen molar-refractivity contribution in [3.05, 3.63) is 49.8 Å². The zero-order valence-electron chi connectivity index (χ0n) is 9.47. The molecule has 0 spiro atoms. The second kappa shape index (κ2) is 22.4. The van der Waals surface area contributed by atoms with Crippen LogP contribution in [0, 0.1) is 19.4 Å². The average molecular weight is 481 g/mol. The van der Waals surface area contributed by atoms with Gasteiger partial charge in [0.25, 0.3) is 0 Å². The van der Waals surface area contributed by atoms with Gasteiger partial charge in [-0.15, -0.1) is 0 Å². The summed E-state index contributed by atoms with van der Waals surface area (Å²) >= 11 is 0. The van der Waals surface area contributed by atoms with Crippen molar-refractivity contribution < 1.29 is 36.2 Å². The molecule has 0 heterocycles. The number of rotatable bonds is 0. The number of carbonyl (C=O) groups excluding carboxylic acids is 1. The van der Waals surface area contributed by atoms with Crippen molar-refractivity contribution in [2.75, 3.05) is 0 Å². The number of carboxylic acids is 1. The van der Waals surface area contributed by atoms with Crippen LogP contribution >= 0.6 is 0 Å². The first-order valence-electron chi connectivity index (χ1n) is 3.95. The van der Waals surface area contributed by atoms with E-state index in [4.69, 9.17) is 9.90 Å². The van der Waals surface area contributed by atoms with E-state index in [-0.39, 0.29) is 27.3 Å². The monoisotopic (exact) mass is 482 g/mol. The molecule has 0 aliphatic rings. The summed E-state index contributed by atoms with van der Waals surface area (Å²) in [7, 11) is 0. The standard InChI is InChI=1S/C6H5.C2H4O2.2CF3.Pb/c1-2-4-6-5-3-1;1-2(3)4;2*2-1(3)4;/h1-5H;1H3,(H,3,4);;;/p-1. The molecule has 19 heavy (non-hydrogen) atoms. The smallest absolute Gasteiger partial charge is 0.487 e. The van der Waals surface area contributed by atoms with Gasteiger partial charge in [-0.2, -0.15) is 26.3 Å². The third-order valence-electron chi connectivity index (χ3n) is 0.607. The van der Waals surface area contributed by atoms with Crippen molar-refractivity contribution in [2.24, 2.45) is 0 Å². The quantitative estimate of drug-likeness (QED) is 0.422. The predicted molar refractivity (Wildman–Crippen MR) is 54.8 cm³/mol. The number of carbonyl (C=O) groups is 1. The Morgan fingerprint density at radius 1 is 0.895 bits per heavy atom. The van der Waals surface area contributed by atoms with E-state index in [0.717, 1.165) is 6.92 Å². The normalized spacial score (nSPS) is 7.63. The fraction of sp³-hybridized carbons (Fsp3) is 0.100. The van der Waals surface area contributed by atoms with Crippen molar-refractivity contribution in [1.82, 2.24) is 0 Å². The molecule has 9 heteroatoms. The van der Waals surface area contributed by atoms with E-state index in [1.807, 2.05) is 30.3 Å². The Morgan fingerprint density at radius 2 is 1.11 bits per heavy atom. The summed E-state index contributed by atoms with van der Waals surface area (Å²) in [5, 5.41) is 8.89. The van der Waals surface area contributed by atoms with Gasteiger partial charge in [-0.3, -0.25) is 0 Å². The molecule has 107 valence electrons. The third-order valence-corrected chi connectivity index (χ3v) is 0.607. The van der Waals surface area contributed by atoms with Gasteiger partial charge in [0.05, 0.1) is 0 Å². The summed E-state index contributed by atoms with van der Waals surface area (Å²) in [6.45, 7) is -5.19. The number of hydrogen-bond acceptors (Lipinski definition) is 2. The van der Waals surface area contributed by atoms with E-state index >= 15 is 0 Å². The fourth-order valence-electron chi connectivity index (χ4n) is 0.342. The van der Waals surface area contributed by atoms with Crippen molar-refractivity contribution in [2.45, 2.75) is 6.92 Å². The summed E-state index contributed by atoms with van der Waals surface area (Å²) in [6.07, 6.45) is 0. The molecule has 0 aliphatic heterocycles. The van der Waals surface area contributed by atoms with Gasteiger partial charge in [-0.1, -0.05) is 30.3 Å². The number of carboxylic acid groups (broad SMARTS) is 1. The van der Waals surface area contributed by atoms with Crippen LogP contribution < -0.4 is 5.11 Å². The summed E-state index contributed by atoms with van der Waals surface area (Å²) in [4.78, 5) is 8.89. The van der Waals surface area contributed by atoms with Crippen LogP contribution in [0.1, 0.15) is 6.92 Å². The number of aliphatic carboxylic acids is 1. The van der Waals surface area contributed by atoms with Crippen LogP contribution in [-0.2, 0) is 4.79 Å². The molecule has 0 fully saturated rings. The van der Waals surface area contributed by atoms with Gasteiger partial charge in [0.15, 0.2) is 0 Å². The van der Waals surface area contributed by atoms with Crippen LogP contribution in [0.5, 0.6) is 0 Å². The molecule has 0 saturated heterocycles. The van der Waals surface area contributed by atoms with Gasteiger partial charge in [0.1, 0.15) is 0 Å². The first-order valence-corrected chi connectivity index (χ1v) is 3.95. The molecule has 1 aromatic carbocycles. The van der Waals surface area contributed by atoms with Crippen LogP contribution in [0.2, 0.25) is 0 Å². The van der Waals surface area contributed by atoms with E-state index < -0.39 is 19.3 Å². The molecule has 0 unspecified atom stereocenters. The molecule has 0 aromatic heterocycles. The zero-order chi connectivity index (χ0) is 15.0. The number of hydrogen-bond donors (Lipinski definition) is 0. The Morgan fingerprint density at radius 3 is 1.16 bits per heavy atom. The Hall–Kier alpha value is -0.808. The van der Waals surface area contributed by atoms with Gasteiger partial charge < -0.3 is 9.90 Å². The van der Waals surface area contributed by atoms with E-state index in [1.165, 1.54) is 0 Å². The molecule has 7 radical (unpaired) electrons. The number of halogens is 6. The van der Waals surface area contributed by atoms with E-state index in [9.17, 15) is 26.3 Å². The van der Waals surface area contributed by atoms with Crippen LogP contribution in [0.4, 0.5) is 26.3 Å². The second-order valence-corrected chi connectivity index (χ2v) is 2.00. The van der Waals surface area contributed by atoms with Crippen LogP contribution in [0.25, 0.3) is 0 Å². The maximum atomic E-state index is 9.58. The van der Waals surface area contributed by atoms with E-state index in [1.54, 1.807) is 0 Å². The Kier molecular flexibility index (Phi) is 31.4. The molecule has 2 nitrogen and oxygen atoms in total. The van der Waals surface area contributed by atoms with Crippen molar-refractivity contribution in [3.8, 4) is 0 Å². The molecule has 0 bridgehead atoms. The Bertz CT molecular complexity index is 219. The van der Waals surface area contributed by atoms with Gasteiger partial charge in [0.2, 0.25) is 0 Å². The van der Waals surface area contributed by atoms with Gasteiger partial charge in [-0.25, -0.2) is 0 Å². The van der Waals surface area contributed by atoms with Gasteiger partial charge in [-0.05, 0) is 13.0 Å². The predicted octanol–water partition coefficient (Wildman–Crippen LogP) is 2.55. The van der Waals surface area contributed by atoms with Crippen LogP contribution in [-0.4, -0.2) is 33.3 Å². The minimum atomic E-state index is -3.08. The average Bonchev–Trinajstić information content (AvgIpc) is 2.17. The van der Waals surface area contributed by atoms with Gasteiger partial charge >= 0.3 is 13.4 Å². The summed E-state index contributed by atoms with van der Waals surface area (Å²) in [5.74, 6) is -1.08. The Balaban J connectivity index is -0.0000000796. The largest absolute Gasteiger partial charge is 0.550 e. The first-order chi connectivity index (χ1) is 8.20. The Labute approximate surface area is 126 Å². The molecule has 1 aromatic rings. The minimum Gasteiger partial charge on any atom is -0.550 e. The molecule has 0 atom stereocenters. The maximum absolute atomic E-state index is 9.58. The molecular weight excluding hydrogens is 473 g/mol. The molecule has 0 saturated carbocycles. The van der Waals surface area contributed by atoms with Crippen molar-refractivity contribution in [3.63, 3.8) is 0 Å². The summed E-state index contributed by atoms with van der Waals surface area (Å²) < 4.78 is 57.5. The van der Waals surface area contributed by atoms with E-state index in [2.05, 4.69) is 6.07 Å². The minimum absolute atomic E-state index is 0. The third kappa shape index (κ3) is 147. The topological polar surface area (TPSA) is 40.1 Å². The van der Waals surface area contributed by atoms with E-state index in [0.29, 0.717) is 0 Å². The van der Waals surface area contributed by atoms with Crippen LogP contribution in [0.15, 0.2) is 30.3 Å². The molecular formula is C10H8F6O2Pb-. The molecule has 0 amide bonds. The van der Waals surface area contributed by atoms with Crippen LogP contribution in [0.3, 0.4) is 0 Å². The second-order valence-electron chi connectivity index (χ2n) is 2.00. The molecule has 0 N–H and O–H groups in total. The first kappa shape index (κ1) is 26.7. The van der Waals surface area contributed by atoms with Crippen molar-refractivity contribution >= 4 is 33.3 Å².